The molecule has 4 nitrogen and oxygen atoms in total. The summed E-state index contributed by atoms with van der Waals surface area (Å²) < 4.78 is 10.5. The highest BCUT2D eigenvalue weighted by molar-refractivity contribution is 5.92. The molecule has 1 rings (SSSR count). The first-order valence-electron chi connectivity index (χ1n) is 8.28. The van der Waals surface area contributed by atoms with E-state index in [1.54, 1.807) is 20.3 Å². The van der Waals surface area contributed by atoms with Crippen molar-refractivity contribution in [2.75, 3.05) is 20.8 Å². The van der Waals surface area contributed by atoms with Crippen molar-refractivity contribution >= 4 is 12.0 Å². The van der Waals surface area contributed by atoms with E-state index in [0.717, 1.165) is 31.4 Å². The van der Waals surface area contributed by atoms with E-state index in [-0.39, 0.29) is 11.9 Å². The number of benzene rings is 1. The summed E-state index contributed by atoms with van der Waals surface area (Å²) in [4.78, 5) is 14.4. The summed E-state index contributed by atoms with van der Waals surface area (Å²) in [7, 11) is 3.21. The molecule has 128 valence electrons. The minimum Gasteiger partial charge on any atom is -0.493 e. The van der Waals surface area contributed by atoms with Crippen LogP contribution >= 0.6 is 0 Å². The van der Waals surface area contributed by atoms with Gasteiger partial charge >= 0.3 is 0 Å². The zero-order valence-electron chi connectivity index (χ0n) is 15.0. The van der Waals surface area contributed by atoms with Gasteiger partial charge in [-0.3, -0.25) is 4.79 Å². The zero-order valence-corrected chi connectivity index (χ0v) is 15.0. The van der Waals surface area contributed by atoms with Gasteiger partial charge in [0.05, 0.1) is 14.2 Å². The van der Waals surface area contributed by atoms with Crippen LogP contribution < -0.4 is 9.47 Å². The van der Waals surface area contributed by atoms with Gasteiger partial charge in [0, 0.05) is 18.7 Å². The van der Waals surface area contributed by atoms with Crippen LogP contribution in [-0.2, 0) is 4.79 Å². The summed E-state index contributed by atoms with van der Waals surface area (Å²) in [6.45, 7) is 7.14. The van der Waals surface area contributed by atoms with Crippen molar-refractivity contribution in [3.63, 3.8) is 0 Å². The van der Waals surface area contributed by atoms with E-state index in [2.05, 4.69) is 20.8 Å². The molecule has 0 heterocycles. The predicted molar refractivity (Wildman–Crippen MR) is 95.0 cm³/mol. The fraction of sp³-hybridized carbons (Fsp3) is 0.526. The Balaban J connectivity index is 2.86. The second-order valence-corrected chi connectivity index (χ2v) is 5.59. The third kappa shape index (κ3) is 5.62. The number of carbonyl (C=O) groups excluding carboxylic acids is 1. The van der Waals surface area contributed by atoms with E-state index in [9.17, 15) is 4.79 Å². The minimum absolute atomic E-state index is 0.0579. The average molecular weight is 319 g/mol. The summed E-state index contributed by atoms with van der Waals surface area (Å²) in [5, 5.41) is 0. The fourth-order valence-electron chi connectivity index (χ4n) is 2.32. The van der Waals surface area contributed by atoms with E-state index < -0.39 is 0 Å². The molecule has 1 amide bonds. The number of hydrogen-bond acceptors (Lipinski definition) is 3. The number of rotatable bonds is 9. The molecule has 1 aromatic carbocycles. The lowest BCUT2D eigenvalue weighted by molar-refractivity contribution is -0.128. The molecule has 0 N–H and O–H groups in total. The SMILES string of the molecule is CCCCN(C(=O)/C=C/c1ccc(OC)c(OC)c1)C(C)CC. The fourth-order valence-corrected chi connectivity index (χ4v) is 2.32. The summed E-state index contributed by atoms with van der Waals surface area (Å²) in [5.74, 6) is 1.40. The molecule has 0 fully saturated rings. The van der Waals surface area contributed by atoms with Crippen LogP contribution in [0.4, 0.5) is 0 Å². The first-order valence-corrected chi connectivity index (χ1v) is 8.28. The van der Waals surface area contributed by atoms with Gasteiger partial charge in [0.25, 0.3) is 0 Å². The molecule has 1 atom stereocenters. The molecule has 0 radical (unpaired) electrons. The Hall–Kier alpha value is -1.97. The standard InChI is InChI=1S/C19H29NO3/c1-6-8-13-20(15(3)7-2)19(21)12-10-16-9-11-17(22-4)18(14-16)23-5/h9-12,14-15H,6-8,13H2,1-5H3/b12-10+. The lowest BCUT2D eigenvalue weighted by Crippen LogP contribution is -2.37. The average Bonchev–Trinajstić information content (AvgIpc) is 2.59. The second kappa shape index (κ2) is 9.93. The Bertz CT molecular complexity index is 525. The molecule has 0 spiro atoms. The number of ether oxygens (including phenoxy) is 2. The van der Waals surface area contributed by atoms with E-state index in [1.165, 1.54) is 0 Å². The monoisotopic (exact) mass is 319 g/mol. The molecule has 1 aromatic rings. The molecule has 0 saturated heterocycles. The summed E-state index contributed by atoms with van der Waals surface area (Å²) in [5.41, 5.74) is 0.913. The van der Waals surface area contributed by atoms with E-state index >= 15 is 0 Å². The molecule has 1 unspecified atom stereocenters. The Morgan fingerprint density at radius 3 is 2.48 bits per heavy atom. The van der Waals surface area contributed by atoms with Crippen LogP contribution in [-0.4, -0.2) is 37.6 Å². The highest BCUT2D eigenvalue weighted by atomic mass is 16.5. The maximum atomic E-state index is 12.5. The van der Waals surface area contributed by atoms with Gasteiger partial charge < -0.3 is 14.4 Å². The number of amides is 1. The van der Waals surface area contributed by atoms with E-state index in [1.807, 2.05) is 29.2 Å². The summed E-state index contributed by atoms with van der Waals surface area (Å²) in [6.07, 6.45) is 6.54. The molecule has 23 heavy (non-hydrogen) atoms. The molecular formula is C19H29NO3. The Labute approximate surface area is 140 Å². The van der Waals surface area contributed by atoms with Crippen LogP contribution in [0.1, 0.15) is 45.6 Å². The molecule has 0 saturated carbocycles. The zero-order chi connectivity index (χ0) is 17.2. The quantitative estimate of drug-likeness (QED) is 0.642. The molecule has 0 bridgehead atoms. The lowest BCUT2D eigenvalue weighted by Gasteiger charge is -2.27. The molecule has 0 aromatic heterocycles. The topological polar surface area (TPSA) is 38.8 Å². The first-order chi connectivity index (χ1) is 11.1. The van der Waals surface area contributed by atoms with Crippen molar-refractivity contribution in [1.82, 2.24) is 4.90 Å². The highest BCUT2D eigenvalue weighted by Crippen LogP contribution is 2.28. The maximum Gasteiger partial charge on any atom is 0.246 e. The third-order valence-corrected chi connectivity index (χ3v) is 3.98. The Kier molecular flexibility index (Phi) is 8.23. The van der Waals surface area contributed by atoms with Crippen LogP contribution in [0.25, 0.3) is 6.08 Å². The molecule has 0 aliphatic carbocycles. The Morgan fingerprint density at radius 1 is 1.22 bits per heavy atom. The summed E-state index contributed by atoms with van der Waals surface area (Å²) >= 11 is 0. The van der Waals surface area contributed by atoms with Crippen molar-refractivity contribution in [3.05, 3.63) is 29.8 Å². The third-order valence-electron chi connectivity index (χ3n) is 3.98. The van der Waals surface area contributed by atoms with E-state index in [0.29, 0.717) is 11.5 Å². The van der Waals surface area contributed by atoms with Gasteiger partial charge in [-0.25, -0.2) is 0 Å². The van der Waals surface area contributed by atoms with Crippen LogP contribution in [0.3, 0.4) is 0 Å². The normalized spacial score (nSPS) is 12.2. The van der Waals surface area contributed by atoms with Crippen molar-refractivity contribution in [3.8, 4) is 11.5 Å². The van der Waals surface area contributed by atoms with Crippen molar-refractivity contribution in [2.45, 2.75) is 46.1 Å². The smallest absolute Gasteiger partial charge is 0.246 e. The number of methoxy groups -OCH3 is 2. The van der Waals surface area contributed by atoms with Gasteiger partial charge in [0.1, 0.15) is 0 Å². The van der Waals surface area contributed by atoms with Crippen molar-refractivity contribution in [2.24, 2.45) is 0 Å². The number of hydrogen-bond donors (Lipinski definition) is 0. The second-order valence-electron chi connectivity index (χ2n) is 5.59. The molecule has 4 heteroatoms. The van der Waals surface area contributed by atoms with Gasteiger partial charge in [0.2, 0.25) is 5.91 Å². The highest BCUT2D eigenvalue weighted by Gasteiger charge is 2.15. The van der Waals surface area contributed by atoms with Crippen LogP contribution in [0.15, 0.2) is 24.3 Å². The molecule has 0 aliphatic heterocycles. The van der Waals surface area contributed by atoms with E-state index in [4.69, 9.17) is 9.47 Å². The van der Waals surface area contributed by atoms with Crippen LogP contribution in [0.2, 0.25) is 0 Å². The van der Waals surface area contributed by atoms with Gasteiger partial charge in [-0.05, 0) is 43.5 Å². The van der Waals surface area contributed by atoms with Gasteiger partial charge in [-0.2, -0.15) is 0 Å². The van der Waals surface area contributed by atoms with Crippen LogP contribution in [0.5, 0.6) is 11.5 Å². The maximum absolute atomic E-state index is 12.5. The van der Waals surface area contributed by atoms with Gasteiger partial charge in [-0.1, -0.05) is 26.3 Å². The number of unbranched alkanes of at least 4 members (excludes halogenated alkanes) is 1. The largest absolute Gasteiger partial charge is 0.493 e. The lowest BCUT2D eigenvalue weighted by atomic mass is 10.1. The minimum atomic E-state index is 0.0579. The predicted octanol–water partition coefficient (Wildman–Crippen LogP) is 4.14. The van der Waals surface area contributed by atoms with Gasteiger partial charge in [0.15, 0.2) is 11.5 Å². The van der Waals surface area contributed by atoms with Crippen molar-refractivity contribution < 1.29 is 14.3 Å². The van der Waals surface area contributed by atoms with Crippen molar-refractivity contribution in [1.29, 1.82) is 0 Å². The Morgan fingerprint density at radius 2 is 1.91 bits per heavy atom. The first kappa shape index (κ1) is 19.1. The van der Waals surface area contributed by atoms with Crippen LogP contribution in [0, 0.1) is 0 Å². The number of carbonyl (C=O) groups is 1. The number of nitrogens with zero attached hydrogens (tertiary/aromatic N) is 1. The van der Waals surface area contributed by atoms with Gasteiger partial charge in [-0.15, -0.1) is 0 Å². The molecule has 0 aliphatic rings. The summed E-state index contributed by atoms with van der Waals surface area (Å²) in [6, 6.07) is 5.86. The molecular weight excluding hydrogens is 290 g/mol.